The van der Waals surface area contributed by atoms with Crippen molar-refractivity contribution in [3.05, 3.63) is 21.4 Å². The molecule has 0 saturated heterocycles. The van der Waals surface area contributed by atoms with Crippen molar-refractivity contribution >= 4 is 17.2 Å². The van der Waals surface area contributed by atoms with E-state index in [9.17, 15) is 18.0 Å². The molecule has 1 aromatic rings. The second kappa shape index (κ2) is 4.91. The topological polar surface area (TPSA) is 29.1 Å². The average Bonchev–Trinajstić information content (AvgIpc) is 2.67. The van der Waals surface area contributed by atoms with Crippen LogP contribution < -0.4 is 5.32 Å². The fourth-order valence-electron chi connectivity index (χ4n) is 2.09. The highest BCUT2D eigenvalue weighted by atomic mass is 32.1. The third-order valence-electron chi connectivity index (χ3n) is 3.00. The maximum Gasteiger partial charge on any atom is 0.405 e. The number of carbonyl (C=O) groups is 1. The van der Waals surface area contributed by atoms with Gasteiger partial charge in [-0.15, -0.1) is 11.3 Å². The molecular weight excluding hydrogens is 263 g/mol. The van der Waals surface area contributed by atoms with Crippen LogP contribution in [0.4, 0.5) is 13.2 Å². The number of hydrogen-bond acceptors (Lipinski definition) is 2. The first-order valence-electron chi connectivity index (χ1n) is 5.81. The second-order valence-electron chi connectivity index (χ2n) is 4.70. The summed E-state index contributed by atoms with van der Waals surface area (Å²) in [4.78, 5) is 13.1. The van der Waals surface area contributed by atoms with Gasteiger partial charge < -0.3 is 5.32 Å². The second-order valence-corrected chi connectivity index (χ2v) is 5.84. The molecule has 0 aliphatic heterocycles. The number of nitrogens with one attached hydrogen (secondary N) is 1. The fraction of sp³-hybridized carbons (Fsp3) is 0.583. The summed E-state index contributed by atoms with van der Waals surface area (Å²) in [6, 6.07) is 1.74. The van der Waals surface area contributed by atoms with Crippen LogP contribution in [0, 0.1) is 5.92 Å². The first-order chi connectivity index (χ1) is 8.35. The lowest BCUT2D eigenvalue weighted by Crippen LogP contribution is -2.33. The Morgan fingerprint density at radius 1 is 1.56 bits per heavy atom. The molecule has 0 spiro atoms. The molecule has 1 aromatic heterocycles. The molecule has 1 heterocycles. The Kier molecular flexibility index (Phi) is 3.66. The molecule has 18 heavy (non-hydrogen) atoms. The normalized spacial score (nSPS) is 19.4. The lowest BCUT2D eigenvalue weighted by Gasteiger charge is -2.16. The van der Waals surface area contributed by atoms with Gasteiger partial charge in [-0.2, -0.15) is 13.2 Å². The van der Waals surface area contributed by atoms with Crippen molar-refractivity contribution in [2.24, 2.45) is 5.92 Å². The van der Waals surface area contributed by atoms with Crippen LogP contribution in [-0.4, -0.2) is 18.6 Å². The van der Waals surface area contributed by atoms with Crippen LogP contribution in [0.25, 0.3) is 0 Å². The maximum absolute atomic E-state index is 12.0. The molecule has 1 unspecified atom stereocenters. The summed E-state index contributed by atoms with van der Waals surface area (Å²) in [7, 11) is 0. The maximum atomic E-state index is 12.0. The van der Waals surface area contributed by atoms with Crippen molar-refractivity contribution in [2.45, 2.75) is 32.4 Å². The van der Waals surface area contributed by atoms with E-state index >= 15 is 0 Å². The summed E-state index contributed by atoms with van der Waals surface area (Å²) in [6.45, 7) is 0.870. The Balaban J connectivity index is 2.04. The van der Waals surface area contributed by atoms with Crippen molar-refractivity contribution in [3.63, 3.8) is 0 Å². The number of thiophene rings is 1. The molecule has 6 heteroatoms. The summed E-state index contributed by atoms with van der Waals surface area (Å²) in [5.41, 5.74) is 1.12. The third kappa shape index (κ3) is 3.25. The summed E-state index contributed by atoms with van der Waals surface area (Å²) in [5, 5.41) is 1.91. The van der Waals surface area contributed by atoms with Gasteiger partial charge in [-0.05, 0) is 36.8 Å². The minimum Gasteiger partial charge on any atom is -0.342 e. The van der Waals surface area contributed by atoms with Crippen LogP contribution in [0.2, 0.25) is 0 Å². The molecule has 100 valence electrons. The molecule has 0 aromatic carbocycles. The molecular formula is C12H14F3NOS. The first kappa shape index (κ1) is 13.4. The zero-order chi connectivity index (χ0) is 13.3. The van der Waals surface area contributed by atoms with E-state index in [1.807, 2.05) is 5.32 Å². The predicted molar refractivity (Wildman–Crippen MR) is 63.9 cm³/mol. The number of fused-ring (bicyclic) bond motifs is 1. The zero-order valence-corrected chi connectivity index (χ0v) is 10.8. The van der Waals surface area contributed by atoms with Crippen LogP contribution in [-0.2, 0) is 12.8 Å². The average molecular weight is 277 g/mol. The third-order valence-corrected chi connectivity index (χ3v) is 4.24. The Morgan fingerprint density at radius 2 is 2.28 bits per heavy atom. The molecule has 0 bridgehead atoms. The van der Waals surface area contributed by atoms with Gasteiger partial charge in [0.25, 0.3) is 5.91 Å². The van der Waals surface area contributed by atoms with Crippen LogP contribution in [0.3, 0.4) is 0 Å². The van der Waals surface area contributed by atoms with Gasteiger partial charge in [0, 0.05) is 4.88 Å². The van der Waals surface area contributed by atoms with Crippen molar-refractivity contribution in [1.29, 1.82) is 0 Å². The number of aryl methyl sites for hydroxylation is 1. The molecule has 0 saturated carbocycles. The summed E-state index contributed by atoms with van der Waals surface area (Å²) < 4.78 is 36.0. The van der Waals surface area contributed by atoms with E-state index in [2.05, 4.69) is 6.92 Å². The lowest BCUT2D eigenvalue weighted by molar-refractivity contribution is -0.123. The minimum absolute atomic E-state index is 0.387. The van der Waals surface area contributed by atoms with E-state index in [-0.39, 0.29) is 0 Å². The van der Waals surface area contributed by atoms with Gasteiger partial charge in [-0.25, -0.2) is 0 Å². The summed E-state index contributed by atoms with van der Waals surface area (Å²) in [6.07, 6.45) is -1.44. The van der Waals surface area contributed by atoms with Crippen molar-refractivity contribution < 1.29 is 18.0 Å². The quantitative estimate of drug-likeness (QED) is 0.884. The Morgan fingerprint density at radius 3 is 2.94 bits per heavy atom. The Labute approximate surface area is 107 Å². The van der Waals surface area contributed by atoms with E-state index in [1.165, 1.54) is 11.3 Å². The Bertz CT molecular complexity index is 453. The molecule has 1 atom stereocenters. The van der Waals surface area contributed by atoms with Crippen LogP contribution in [0.15, 0.2) is 6.07 Å². The van der Waals surface area contributed by atoms with Gasteiger partial charge >= 0.3 is 6.18 Å². The number of alkyl halides is 3. The number of amides is 1. The van der Waals surface area contributed by atoms with E-state index in [0.717, 1.165) is 29.7 Å². The van der Waals surface area contributed by atoms with E-state index < -0.39 is 18.6 Å². The highest BCUT2D eigenvalue weighted by Gasteiger charge is 2.28. The van der Waals surface area contributed by atoms with Crippen LogP contribution in [0.1, 0.15) is 33.5 Å². The molecule has 0 fully saturated rings. The number of rotatable bonds is 2. The smallest absolute Gasteiger partial charge is 0.342 e. The van der Waals surface area contributed by atoms with Crippen molar-refractivity contribution in [3.8, 4) is 0 Å². The summed E-state index contributed by atoms with van der Waals surface area (Å²) >= 11 is 1.32. The van der Waals surface area contributed by atoms with Gasteiger partial charge in [0.05, 0.1) is 4.88 Å². The highest BCUT2D eigenvalue weighted by Crippen LogP contribution is 2.32. The molecule has 1 amide bonds. The molecule has 1 aliphatic carbocycles. The molecule has 2 nitrogen and oxygen atoms in total. The fourth-order valence-corrected chi connectivity index (χ4v) is 3.21. The SMILES string of the molecule is CC1CCc2sc(C(=O)NCC(F)(F)F)cc2C1. The van der Waals surface area contributed by atoms with E-state index in [0.29, 0.717) is 10.8 Å². The van der Waals surface area contributed by atoms with E-state index in [4.69, 9.17) is 0 Å². The van der Waals surface area contributed by atoms with Gasteiger partial charge in [-0.1, -0.05) is 6.92 Å². The largest absolute Gasteiger partial charge is 0.405 e. The number of hydrogen-bond donors (Lipinski definition) is 1. The highest BCUT2D eigenvalue weighted by molar-refractivity contribution is 7.14. The molecule has 1 N–H and O–H groups in total. The molecule has 1 aliphatic rings. The minimum atomic E-state index is -4.36. The number of halogens is 3. The zero-order valence-electron chi connectivity index (χ0n) is 9.93. The lowest BCUT2D eigenvalue weighted by atomic mass is 9.90. The van der Waals surface area contributed by atoms with E-state index in [1.54, 1.807) is 6.07 Å². The first-order valence-corrected chi connectivity index (χ1v) is 6.63. The molecule has 2 rings (SSSR count). The van der Waals surface area contributed by atoms with Crippen molar-refractivity contribution in [2.75, 3.05) is 6.54 Å². The predicted octanol–water partition coefficient (Wildman–Crippen LogP) is 3.17. The monoisotopic (exact) mass is 277 g/mol. The molecule has 0 radical (unpaired) electrons. The van der Waals surface area contributed by atoms with Crippen LogP contribution >= 0.6 is 11.3 Å². The van der Waals surface area contributed by atoms with Gasteiger partial charge in [0.2, 0.25) is 0 Å². The van der Waals surface area contributed by atoms with Gasteiger partial charge in [0.15, 0.2) is 0 Å². The summed E-state index contributed by atoms with van der Waals surface area (Å²) in [5.74, 6) is -0.0439. The van der Waals surface area contributed by atoms with Crippen LogP contribution in [0.5, 0.6) is 0 Å². The standard InChI is InChI=1S/C12H14F3NOS/c1-7-2-3-9-8(4-7)5-10(18-9)11(17)16-6-12(13,14)15/h5,7H,2-4,6H2,1H3,(H,16,17). The van der Waals surface area contributed by atoms with Gasteiger partial charge in [0.1, 0.15) is 6.54 Å². The van der Waals surface area contributed by atoms with Gasteiger partial charge in [-0.3, -0.25) is 4.79 Å². The van der Waals surface area contributed by atoms with Crippen molar-refractivity contribution in [1.82, 2.24) is 5.32 Å². The Hall–Kier alpha value is -1.04. The number of carbonyl (C=O) groups excluding carboxylic acids is 1.